The van der Waals surface area contributed by atoms with Gasteiger partial charge in [-0.1, -0.05) is 126 Å². The molecule has 0 aliphatic carbocycles. The Bertz CT molecular complexity index is 891. The summed E-state index contributed by atoms with van der Waals surface area (Å²) in [5.41, 5.74) is 7.57. The highest BCUT2D eigenvalue weighted by Gasteiger charge is 2.03. The molecule has 3 aromatic rings. The predicted octanol–water partition coefficient (Wildman–Crippen LogP) is 9.83. The lowest BCUT2D eigenvalue weighted by Gasteiger charge is -2.07. The van der Waals surface area contributed by atoms with Crippen LogP contribution < -0.4 is 0 Å². The van der Waals surface area contributed by atoms with Crippen molar-refractivity contribution in [3.05, 3.63) is 78.0 Å². The van der Waals surface area contributed by atoms with Gasteiger partial charge in [-0.2, -0.15) is 0 Å². The average molecular weight is 442 g/mol. The number of benzene rings is 2. The van der Waals surface area contributed by atoms with Crippen molar-refractivity contribution in [1.29, 1.82) is 0 Å². The summed E-state index contributed by atoms with van der Waals surface area (Å²) >= 11 is 0. The minimum Gasteiger partial charge on any atom is -0.256 e. The second-order valence-electron chi connectivity index (χ2n) is 9.51. The highest BCUT2D eigenvalue weighted by molar-refractivity contribution is 5.67. The molecule has 0 saturated carbocycles. The molecule has 0 fully saturated rings. The normalized spacial score (nSPS) is 11.1. The third-order valence-electron chi connectivity index (χ3n) is 6.69. The molecule has 0 N–H and O–H groups in total. The van der Waals surface area contributed by atoms with E-state index < -0.39 is 0 Å². The van der Waals surface area contributed by atoms with E-state index in [1.807, 2.05) is 6.20 Å². The SMILES string of the molecule is CCCCCCCCc1ccc(-c2ccc(-c3ccc(CCCCCCC)cc3)cn2)cc1. The Balaban J connectivity index is 1.48. The first-order chi connectivity index (χ1) is 16.3. The first-order valence-corrected chi connectivity index (χ1v) is 13.4. The van der Waals surface area contributed by atoms with Crippen molar-refractivity contribution in [2.24, 2.45) is 0 Å². The molecule has 33 heavy (non-hydrogen) atoms. The van der Waals surface area contributed by atoms with Crippen LogP contribution in [0, 0.1) is 0 Å². The molecular weight excluding hydrogens is 398 g/mol. The maximum absolute atomic E-state index is 4.76. The zero-order chi connectivity index (χ0) is 23.1. The number of rotatable bonds is 15. The third kappa shape index (κ3) is 8.80. The lowest BCUT2D eigenvalue weighted by Crippen LogP contribution is -1.89. The third-order valence-corrected chi connectivity index (χ3v) is 6.69. The predicted molar refractivity (Wildman–Crippen MR) is 145 cm³/mol. The van der Waals surface area contributed by atoms with Gasteiger partial charge in [0, 0.05) is 17.3 Å². The van der Waals surface area contributed by atoms with Gasteiger partial charge in [-0.3, -0.25) is 4.98 Å². The topological polar surface area (TPSA) is 12.9 Å². The van der Waals surface area contributed by atoms with Crippen LogP contribution in [0.5, 0.6) is 0 Å². The van der Waals surface area contributed by atoms with Gasteiger partial charge in [0.1, 0.15) is 0 Å². The van der Waals surface area contributed by atoms with Crippen LogP contribution in [-0.2, 0) is 12.8 Å². The molecule has 0 spiro atoms. The molecule has 0 aliphatic heterocycles. The smallest absolute Gasteiger partial charge is 0.0702 e. The van der Waals surface area contributed by atoms with Gasteiger partial charge in [0.05, 0.1) is 5.69 Å². The average Bonchev–Trinajstić information content (AvgIpc) is 2.87. The molecule has 0 bridgehead atoms. The zero-order valence-corrected chi connectivity index (χ0v) is 21.0. The molecule has 1 aromatic heterocycles. The van der Waals surface area contributed by atoms with Crippen molar-refractivity contribution >= 4 is 0 Å². The number of hydrogen-bond donors (Lipinski definition) is 0. The van der Waals surface area contributed by atoms with Crippen molar-refractivity contribution in [2.75, 3.05) is 0 Å². The molecular formula is C32H43N. The van der Waals surface area contributed by atoms with E-state index in [1.54, 1.807) is 0 Å². The first-order valence-electron chi connectivity index (χ1n) is 13.4. The molecule has 0 unspecified atom stereocenters. The van der Waals surface area contributed by atoms with Crippen LogP contribution in [0.25, 0.3) is 22.4 Å². The molecule has 0 radical (unpaired) electrons. The second-order valence-corrected chi connectivity index (χ2v) is 9.51. The molecule has 176 valence electrons. The van der Waals surface area contributed by atoms with E-state index in [0.717, 1.165) is 5.69 Å². The lowest BCUT2D eigenvalue weighted by molar-refractivity contribution is 0.607. The minimum atomic E-state index is 1.05. The second kappa shape index (κ2) is 14.7. The maximum atomic E-state index is 4.76. The van der Waals surface area contributed by atoms with Crippen LogP contribution in [0.4, 0.5) is 0 Å². The van der Waals surface area contributed by atoms with Gasteiger partial charge in [-0.05, 0) is 48.4 Å². The molecule has 0 atom stereocenters. The Morgan fingerprint density at radius 3 is 1.39 bits per heavy atom. The summed E-state index contributed by atoms with van der Waals surface area (Å²) in [6.07, 6.45) is 19.2. The highest BCUT2D eigenvalue weighted by Crippen LogP contribution is 2.24. The van der Waals surface area contributed by atoms with Crippen LogP contribution in [0.1, 0.15) is 95.6 Å². The van der Waals surface area contributed by atoms with Crippen LogP contribution in [0.2, 0.25) is 0 Å². The zero-order valence-electron chi connectivity index (χ0n) is 21.0. The number of pyridine rings is 1. The van der Waals surface area contributed by atoms with Crippen LogP contribution in [0.15, 0.2) is 66.9 Å². The summed E-state index contributed by atoms with van der Waals surface area (Å²) in [6, 6.07) is 22.4. The maximum Gasteiger partial charge on any atom is 0.0702 e. The fourth-order valence-corrected chi connectivity index (χ4v) is 4.48. The summed E-state index contributed by atoms with van der Waals surface area (Å²) in [4.78, 5) is 4.76. The van der Waals surface area contributed by atoms with Crippen molar-refractivity contribution < 1.29 is 0 Å². The number of unbranched alkanes of at least 4 members (excludes halogenated alkanes) is 9. The Kier molecular flexibility index (Phi) is 11.2. The van der Waals surface area contributed by atoms with Crippen LogP contribution in [0.3, 0.4) is 0 Å². The Morgan fingerprint density at radius 2 is 0.909 bits per heavy atom. The summed E-state index contributed by atoms with van der Waals surface area (Å²) < 4.78 is 0. The van der Waals surface area contributed by atoms with E-state index in [-0.39, 0.29) is 0 Å². The van der Waals surface area contributed by atoms with Crippen LogP contribution in [-0.4, -0.2) is 4.98 Å². The molecule has 1 nitrogen and oxygen atoms in total. The van der Waals surface area contributed by atoms with Crippen molar-refractivity contribution in [1.82, 2.24) is 4.98 Å². The molecule has 0 amide bonds. The van der Waals surface area contributed by atoms with Gasteiger partial charge < -0.3 is 0 Å². The first kappa shape index (κ1) is 25.2. The molecule has 0 aliphatic rings. The molecule has 0 saturated heterocycles. The fourth-order valence-electron chi connectivity index (χ4n) is 4.48. The molecule has 1 heterocycles. The number of nitrogens with zero attached hydrogens (tertiary/aromatic N) is 1. The van der Waals surface area contributed by atoms with Crippen molar-refractivity contribution in [3.63, 3.8) is 0 Å². The number of aromatic nitrogens is 1. The van der Waals surface area contributed by atoms with Gasteiger partial charge in [-0.15, -0.1) is 0 Å². The van der Waals surface area contributed by atoms with E-state index >= 15 is 0 Å². The standard InChI is InChI=1S/C32H43N/c1-3-5-7-9-11-13-15-28-18-22-30(23-19-28)32-25-24-31(26-33-32)29-20-16-27(17-21-29)14-12-10-8-6-4-2/h16-26H,3-15H2,1-2H3. The summed E-state index contributed by atoms with van der Waals surface area (Å²) in [5.74, 6) is 0. The van der Waals surface area contributed by atoms with Gasteiger partial charge in [0.2, 0.25) is 0 Å². The lowest BCUT2D eigenvalue weighted by atomic mass is 10.0. The number of aryl methyl sites for hydroxylation is 2. The summed E-state index contributed by atoms with van der Waals surface area (Å²) in [6.45, 7) is 4.55. The Morgan fingerprint density at radius 1 is 0.455 bits per heavy atom. The highest BCUT2D eigenvalue weighted by atomic mass is 14.7. The molecule has 2 aromatic carbocycles. The van der Waals surface area contributed by atoms with Gasteiger partial charge in [0.15, 0.2) is 0 Å². The Hall–Kier alpha value is -2.41. The minimum absolute atomic E-state index is 1.05. The molecule has 1 heteroatoms. The van der Waals surface area contributed by atoms with Gasteiger partial charge in [0.25, 0.3) is 0 Å². The van der Waals surface area contributed by atoms with Crippen LogP contribution >= 0.6 is 0 Å². The summed E-state index contributed by atoms with van der Waals surface area (Å²) in [7, 11) is 0. The largest absolute Gasteiger partial charge is 0.256 e. The van der Waals surface area contributed by atoms with E-state index in [0.29, 0.717) is 0 Å². The molecule has 3 rings (SSSR count). The fraction of sp³-hybridized carbons (Fsp3) is 0.469. The Labute approximate surface area is 202 Å². The van der Waals surface area contributed by atoms with E-state index in [9.17, 15) is 0 Å². The summed E-state index contributed by atoms with van der Waals surface area (Å²) in [5, 5.41) is 0. The van der Waals surface area contributed by atoms with Gasteiger partial charge in [-0.25, -0.2) is 0 Å². The monoisotopic (exact) mass is 441 g/mol. The van der Waals surface area contributed by atoms with Gasteiger partial charge >= 0.3 is 0 Å². The van der Waals surface area contributed by atoms with E-state index in [4.69, 9.17) is 4.98 Å². The number of hydrogen-bond acceptors (Lipinski definition) is 1. The van der Waals surface area contributed by atoms with Crippen molar-refractivity contribution in [2.45, 2.75) is 97.3 Å². The van der Waals surface area contributed by atoms with E-state index in [1.165, 1.54) is 111 Å². The van der Waals surface area contributed by atoms with Crippen molar-refractivity contribution in [3.8, 4) is 22.4 Å². The van der Waals surface area contributed by atoms with E-state index in [2.05, 4.69) is 74.5 Å². The quantitative estimate of drug-likeness (QED) is 0.214.